The Kier molecular flexibility index (Phi) is 2.63. The number of alkyl halides is 1. The number of likely N-dealkylation sites (tertiary alicyclic amines) is 1. The monoisotopic (exact) mass is 245 g/mol. The zero-order valence-corrected chi connectivity index (χ0v) is 9.48. The van der Waals surface area contributed by atoms with Crippen molar-refractivity contribution >= 4 is 21.8 Å². The smallest absolute Gasteiger partial charge is 0.233 e. The van der Waals surface area contributed by atoms with Gasteiger partial charge in [-0.25, -0.2) is 0 Å². The summed E-state index contributed by atoms with van der Waals surface area (Å²) < 4.78 is 0. The molecule has 1 aliphatic heterocycles. The van der Waals surface area contributed by atoms with Crippen LogP contribution in [-0.2, 0) is 4.79 Å². The molecule has 0 N–H and O–H groups in total. The van der Waals surface area contributed by atoms with Gasteiger partial charge in [0.15, 0.2) is 0 Å². The van der Waals surface area contributed by atoms with Crippen molar-refractivity contribution in [1.82, 2.24) is 4.90 Å². The number of carbonyl (C=O) groups excluding carboxylic acids is 1. The molecule has 0 aromatic rings. The number of amides is 1. The third kappa shape index (κ3) is 1.51. The molecule has 0 unspecified atom stereocenters. The quantitative estimate of drug-likeness (QED) is 0.650. The van der Waals surface area contributed by atoms with Crippen LogP contribution in [-0.4, -0.2) is 28.2 Å². The molecule has 13 heavy (non-hydrogen) atoms. The van der Waals surface area contributed by atoms with Crippen molar-refractivity contribution in [1.29, 1.82) is 0 Å². The normalized spacial score (nSPS) is 25.8. The molecule has 1 amide bonds. The van der Waals surface area contributed by atoms with Gasteiger partial charge in [-0.2, -0.15) is 0 Å². The highest BCUT2D eigenvalue weighted by Crippen LogP contribution is 2.43. The summed E-state index contributed by atoms with van der Waals surface area (Å²) in [6, 6.07) is 0. The predicted octanol–water partition coefficient (Wildman–Crippen LogP) is 2.32. The van der Waals surface area contributed by atoms with Crippen molar-refractivity contribution in [3.63, 3.8) is 0 Å². The van der Waals surface area contributed by atoms with Crippen LogP contribution in [0.4, 0.5) is 0 Å². The zero-order valence-electron chi connectivity index (χ0n) is 7.89. The summed E-state index contributed by atoms with van der Waals surface area (Å²) in [6.45, 7) is 0.991. The summed E-state index contributed by atoms with van der Waals surface area (Å²) in [5.74, 6) is 0.291. The summed E-state index contributed by atoms with van der Waals surface area (Å²) in [5, 5.41) is 0.495. The third-order valence-electron chi connectivity index (χ3n) is 3.55. The lowest BCUT2D eigenvalue weighted by atomic mass is 9.94. The first-order valence-electron chi connectivity index (χ1n) is 5.15. The first-order chi connectivity index (χ1) is 6.28. The molecule has 0 aromatic heterocycles. The number of carbonyl (C=O) groups is 1. The Labute approximate surface area is 87.8 Å². The van der Waals surface area contributed by atoms with E-state index in [1.54, 1.807) is 0 Å². The molecule has 1 saturated carbocycles. The summed E-state index contributed by atoms with van der Waals surface area (Å²) in [6.07, 6.45) is 7.56. The van der Waals surface area contributed by atoms with Crippen LogP contribution in [0, 0.1) is 0 Å². The van der Waals surface area contributed by atoms with Crippen LogP contribution in [0.25, 0.3) is 0 Å². The zero-order chi connectivity index (χ0) is 9.31. The third-order valence-corrected chi connectivity index (χ3v) is 4.03. The van der Waals surface area contributed by atoms with E-state index in [4.69, 9.17) is 0 Å². The largest absolute Gasteiger partial charge is 0.336 e. The van der Waals surface area contributed by atoms with Crippen molar-refractivity contribution in [3.8, 4) is 0 Å². The second-order valence-electron chi connectivity index (χ2n) is 4.21. The minimum atomic E-state index is 0.283. The van der Waals surface area contributed by atoms with Gasteiger partial charge >= 0.3 is 0 Å². The van der Waals surface area contributed by atoms with Crippen molar-refractivity contribution in [3.05, 3.63) is 0 Å². The van der Waals surface area contributed by atoms with Gasteiger partial charge in [0.2, 0.25) is 5.91 Å². The molecule has 2 fully saturated rings. The van der Waals surface area contributed by atoms with Crippen molar-refractivity contribution < 1.29 is 4.79 Å². The maximum atomic E-state index is 11.7. The van der Waals surface area contributed by atoms with Crippen molar-refractivity contribution in [2.75, 3.05) is 11.9 Å². The molecule has 1 saturated heterocycles. The highest BCUT2D eigenvalue weighted by molar-refractivity contribution is 9.09. The summed E-state index contributed by atoms with van der Waals surface area (Å²) in [7, 11) is 0. The lowest BCUT2D eigenvalue weighted by Gasteiger charge is -2.34. The second kappa shape index (κ2) is 3.60. The van der Waals surface area contributed by atoms with Gasteiger partial charge in [0.25, 0.3) is 0 Å². The summed E-state index contributed by atoms with van der Waals surface area (Å²) in [4.78, 5) is 13.8. The number of nitrogens with zero attached hydrogens (tertiary/aromatic N) is 1. The predicted molar refractivity (Wildman–Crippen MR) is 55.9 cm³/mol. The van der Waals surface area contributed by atoms with Gasteiger partial charge in [-0.1, -0.05) is 28.8 Å². The topological polar surface area (TPSA) is 20.3 Å². The molecule has 0 bridgehead atoms. The van der Waals surface area contributed by atoms with Crippen molar-refractivity contribution in [2.24, 2.45) is 0 Å². The minimum Gasteiger partial charge on any atom is -0.336 e. The Bertz CT molecular complexity index is 205. The minimum absolute atomic E-state index is 0.283. The molecular weight excluding hydrogens is 230 g/mol. The maximum Gasteiger partial charge on any atom is 0.233 e. The first-order valence-corrected chi connectivity index (χ1v) is 6.27. The molecule has 1 spiro atoms. The molecule has 0 aromatic carbocycles. The van der Waals surface area contributed by atoms with Gasteiger partial charge in [-0.15, -0.1) is 0 Å². The molecule has 0 radical (unpaired) electrons. The Morgan fingerprint density at radius 1 is 1.23 bits per heavy atom. The van der Waals surface area contributed by atoms with E-state index in [9.17, 15) is 4.79 Å². The number of rotatable bonds is 1. The molecule has 2 nitrogen and oxygen atoms in total. The molecule has 2 aliphatic rings. The summed E-state index contributed by atoms with van der Waals surface area (Å²) in [5.41, 5.74) is 0.283. The maximum absolute atomic E-state index is 11.7. The van der Waals surface area contributed by atoms with E-state index < -0.39 is 0 Å². The van der Waals surface area contributed by atoms with E-state index in [2.05, 4.69) is 20.8 Å². The van der Waals surface area contributed by atoms with Gasteiger partial charge in [0, 0.05) is 12.1 Å². The van der Waals surface area contributed by atoms with E-state index in [0.717, 1.165) is 6.54 Å². The summed E-state index contributed by atoms with van der Waals surface area (Å²) >= 11 is 3.26. The van der Waals surface area contributed by atoms with Crippen LogP contribution in [0.15, 0.2) is 0 Å². The Morgan fingerprint density at radius 3 is 2.46 bits per heavy atom. The highest BCUT2D eigenvalue weighted by atomic mass is 79.9. The molecule has 1 heterocycles. The lowest BCUT2D eigenvalue weighted by Crippen LogP contribution is -2.45. The van der Waals surface area contributed by atoms with Crippen LogP contribution in [0.2, 0.25) is 0 Å². The average Bonchev–Trinajstić information content (AvgIpc) is 2.76. The van der Waals surface area contributed by atoms with Gasteiger partial charge in [0.1, 0.15) is 0 Å². The SMILES string of the molecule is O=C(CBr)N1CCCC12CCCC2. The number of hydrogen-bond acceptors (Lipinski definition) is 1. The fraction of sp³-hybridized carbons (Fsp3) is 0.900. The van der Waals surface area contributed by atoms with Gasteiger partial charge < -0.3 is 4.90 Å². The van der Waals surface area contributed by atoms with Gasteiger partial charge in [0.05, 0.1) is 5.33 Å². The Balaban J connectivity index is 2.13. The Morgan fingerprint density at radius 2 is 1.85 bits per heavy atom. The van der Waals surface area contributed by atoms with E-state index in [0.29, 0.717) is 11.2 Å². The number of hydrogen-bond donors (Lipinski definition) is 0. The van der Waals surface area contributed by atoms with Crippen LogP contribution < -0.4 is 0 Å². The highest BCUT2D eigenvalue weighted by Gasteiger charge is 2.44. The van der Waals surface area contributed by atoms with E-state index in [1.165, 1.54) is 38.5 Å². The van der Waals surface area contributed by atoms with E-state index in [-0.39, 0.29) is 5.54 Å². The van der Waals surface area contributed by atoms with Crippen LogP contribution in [0.1, 0.15) is 38.5 Å². The molecule has 3 heteroatoms. The standard InChI is InChI=1S/C10H16BrNO/c11-8-9(13)12-7-3-6-10(12)4-1-2-5-10/h1-8H2. The van der Waals surface area contributed by atoms with Crippen LogP contribution >= 0.6 is 15.9 Å². The van der Waals surface area contributed by atoms with Gasteiger partial charge in [-0.3, -0.25) is 4.79 Å². The number of halogens is 1. The fourth-order valence-electron chi connectivity index (χ4n) is 2.95. The molecule has 2 rings (SSSR count). The molecule has 0 atom stereocenters. The van der Waals surface area contributed by atoms with Crippen molar-refractivity contribution in [2.45, 2.75) is 44.1 Å². The fourth-order valence-corrected chi connectivity index (χ4v) is 3.26. The van der Waals surface area contributed by atoms with Crippen LogP contribution in [0.5, 0.6) is 0 Å². The second-order valence-corrected chi connectivity index (χ2v) is 4.77. The molecule has 1 aliphatic carbocycles. The average molecular weight is 246 g/mol. The Hall–Kier alpha value is -0.0500. The van der Waals surface area contributed by atoms with E-state index >= 15 is 0 Å². The van der Waals surface area contributed by atoms with Gasteiger partial charge in [-0.05, 0) is 25.7 Å². The van der Waals surface area contributed by atoms with Crippen LogP contribution in [0.3, 0.4) is 0 Å². The lowest BCUT2D eigenvalue weighted by molar-refractivity contribution is -0.132. The van der Waals surface area contributed by atoms with E-state index in [1.807, 2.05) is 0 Å². The first kappa shape index (κ1) is 9.50. The molecule has 74 valence electrons. The molecular formula is C10H16BrNO.